The molecule has 11 nitrogen and oxygen atoms in total. The predicted octanol–water partition coefficient (Wildman–Crippen LogP) is 6.21. The Morgan fingerprint density at radius 1 is 0.958 bits per heavy atom. The minimum Gasteiger partial charge on any atom is -0.493 e. The fraction of sp³-hybridized carbons (Fsp3) is 0.568. The van der Waals surface area contributed by atoms with Gasteiger partial charge in [0, 0.05) is 12.0 Å². The molecule has 48 heavy (non-hydrogen) atoms. The van der Waals surface area contributed by atoms with Gasteiger partial charge in [-0.1, -0.05) is 39.0 Å². The van der Waals surface area contributed by atoms with E-state index in [0.29, 0.717) is 61.5 Å². The van der Waals surface area contributed by atoms with E-state index in [9.17, 15) is 19.2 Å². The molecule has 0 aromatic heterocycles. The van der Waals surface area contributed by atoms with Crippen LogP contribution in [0.3, 0.4) is 0 Å². The zero-order valence-corrected chi connectivity index (χ0v) is 29.7. The fourth-order valence-electron chi connectivity index (χ4n) is 5.29. The number of Topliss-reactive ketones (excluding diaryl/α,β-unsaturated/α-hetero) is 1. The molecule has 2 aromatic carbocycles. The highest BCUT2D eigenvalue weighted by Gasteiger charge is 2.41. The highest BCUT2D eigenvalue weighted by Crippen LogP contribution is 2.32. The van der Waals surface area contributed by atoms with Crippen molar-refractivity contribution in [3.05, 3.63) is 53.6 Å². The number of ketones is 1. The van der Waals surface area contributed by atoms with E-state index in [1.165, 1.54) is 4.90 Å². The molecule has 3 rings (SSSR count). The smallest absolute Gasteiger partial charge is 0.407 e. The molecule has 0 bridgehead atoms. The summed E-state index contributed by atoms with van der Waals surface area (Å²) < 4.78 is 28.2. The molecule has 2 aromatic rings. The minimum atomic E-state index is -0.857. The zero-order valence-electron chi connectivity index (χ0n) is 29.7. The van der Waals surface area contributed by atoms with Crippen molar-refractivity contribution in [1.82, 2.24) is 10.2 Å². The lowest BCUT2D eigenvalue weighted by Gasteiger charge is -2.36. The largest absolute Gasteiger partial charge is 0.493 e. The second-order valence-electron chi connectivity index (χ2n) is 13.6. The molecule has 0 spiro atoms. The first kappa shape index (κ1) is 38.2. The number of amides is 2. The van der Waals surface area contributed by atoms with Gasteiger partial charge < -0.3 is 33.9 Å². The van der Waals surface area contributed by atoms with E-state index in [2.05, 4.69) is 5.32 Å². The summed E-state index contributed by atoms with van der Waals surface area (Å²) in [5.41, 5.74) is 0.231. The number of esters is 1. The van der Waals surface area contributed by atoms with Crippen LogP contribution in [0.5, 0.6) is 17.2 Å². The molecular weight excluding hydrogens is 616 g/mol. The van der Waals surface area contributed by atoms with Crippen molar-refractivity contribution in [1.29, 1.82) is 0 Å². The van der Waals surface area contributed by atoms with Gasteiger partial charge in [-0.3, -0.25) is 9.59 Å². The number of aryl methyl sites for hydroxylation is 1. The van der Waals surface area contributed by atoms with E-state index in [1.54, 1.807) is 61.0 Å². The molecule has 2 amide bonds. The third-order valence-corrected chi connectivity index (χ3v) is 8.40. The van der Waals surface area contributed by atoms with Gasteiger partial charge in [-0.15, -0.1) is 0 Å². The molecule has 0 saturated carbocycles. The maximum absolute atomic E-state index is 13.8. The summed E-state index contributed by atoms with van der Waals surface area (Å²) in [5.74, 6) is 0.0531. The van der Waals surface area contributed by atoms with Crippen LogP contribution in [0.1, 0.15) is 90.9 Å². The van der Waals surface area contributed by atoms with Crippen LogP contribution in [0.25, 0.3) is 0 Å². The number of carbonyl (C=O) groups excluding carboxylic acids is 4. The van der Waals surface area contributed by atoms with Crippen LogP contribution in [-0.2, 0) is 30.3 Å². The molecule has 11 heteroatoms. The van der Waals surface area contributed by atoms with Gasteiger partial charge in [0.25, 0.3) is 5.91 Å². The van der Waals surface area contributed by atoms with E-state index < -0.39 is 46.9 Å². The van der Waals surface area contributed by atoms with Crippen LogP contribution in [0, 0.1) is 5.41 Å². The highest BCUT2D eigenvalue weighted by atomic mass is 16.6. The minimum absolute atomic E-state index is 0.195. The summed E-state index contributed by atoms with van der Waals surface area (Å²) in [5, 5.41) is 2.67. The topological polar surface area (TPSA) is 130 Å². The molecule has 1 N–H and O–H groups in total. The Hall–Kier alpha value is -4.28. The number of hydrogen-bond donors (Lipinski definition) is 1. The third-order valence-electron chi connectivity index (χ3n) is 8.40. The summed E-state index contributed by atoms with van der Waals surface area (Å²) in [6.45, 7) is 11.5. The average molecular weight is 669 g/mol. The monoisotopic (exact) mass is 668 g/mol. The molecule has 1 heterocycles. The van der Waals surface area contributed by atoms with E-state index in [-0.39, 0.29) is 13.2 Å². The zero-order chi connectivity index (χ0) is 35.5. The van der Waals surface area contributed by atoms with Gasteiger partial charge in [-0.05, 0) is 94.7 Å². The number of carbonyl (C=O) groups is 4. The first-order valence-corrected chi connectivity index (χ1v) is 16.7. The van der Waals surface area contributed by atoms with Gasteiger partial charge in [0.1, 0.15) is 30.1 Å². The molecule has 0 aliphatic carbocycles. The van der Waals surface area contributed by atoms with Crippen molar-refractivity contribution < 1.29 is 42.9 Å². The summed E-state index contributed by atoms with van der Waals surface area (Å²) in [7, 11) is 3.15. The summed E-state index contributed by atoms with van der Waals surface area (Å²) in [6.07, 6.45) is 2.13. The number of nitrogens with one attached hydrogen (secondary N) is 1. The number of likely N-dealkylation sites (tertiary alicyclic amines) is 1. The van der Waals surface area contributed by atoms with Crippen LogP contribution >= 0.6 is 0 Å². The molecular formula is C37H52N2O9. The second-order valence-corrected chi connectivity index (χ2v) is 13.6. The number of nitrogens with zero attached hydrogens (tertiary/aromatic N) is 1. The molecule has 1 fully saturated rings. The second kappa shape index (κ2) is 17.2. The highest BCUT2D eigenvalue weighted by molar-refractivity contribution is 6.38. The van der Waals surface area contributed by atoms with Crippen LogP contribution in [0.15, 0.2) is 42.5 Å². The maximum Gasteiger partial charge on any atom is 0.407 e. The number of piperidine rings is 1. The number of ether oxygens (including phenoxy) is 5. The van der Waals surface area contributed by atoms with Gasteiger partial charge in [-0.25, -0.2) is 9.59 Å². The quantitative estimate of drug-likeness (QED) is 0.134. The van der Waals surface area contributed by atoms with E-state index >= 15 is 0 Å². The maximum atomic E-state index is 13.8. The van der Waals surface area contributed by atoms with Gasteiger partial charge in [0.05, 0.1) is 20.8 Å². The Balaban J connectivity index is 1.81. The van der Waals surface area contributed by atoms with E-state index in [1.807, 2.05) is 37.3 Å². The Bertz CT molecular complexity index is 1420. The Kier molecular flexibility index (Phi) is 13.7. The normalized spacial score (nSPS) is 15.6. The lowest BCUT2D eigenvalue weighted by molar-refractivity contribution is -0.164. The molecule has 1 aliphatic heterocycles. The Morgan fingerprint density at radius 2 is 1.69 bits per heavy atom. The number of methoxy groups -OCH3 is 2. The van der Waals surface area contributed by atoms with Crippen LogP contribution in [-0.4, -0.2) is 74.2 Å². The van der Waals surface area contributed by atoms with Crippen LogP contribution in [0.2, 0.25) is 0 Å². The lowest BCUT2D eigenvalue weighted by atomic mass is 9.84. The molecule has 0 radical (unpaired) electrons. The summed E-state index contributed by atoms with van der Waals surface area (Å²) >= 11 is 0. The number of rotatable bonds is 15. The lowest BCUT2D eigenvalue weighted by Crippen LogP contribution is -2.53. The van der Waals surface area contributed by atoms with Crippen molar-refractivity contribution in [3.8, 4) is 17.2 Å². The van der Waals surface area contributed by atoms with Crippen molar-refractivity contribution >= 4 is 23.8 Å². The third kappa shape index (κ3) is 10.9. The first-order valence-electron chi connectivity index (χ1n) is 16.7. The predicted molar refractivity (Wildman–Crippen MR) is 181 cm³/mol. The van der Waals surface area contributed by atoms with Gasteiger partial charge in [0.2, 0.25) is 5.78 Å². The molecule has 1 saturated heterocycles. The number of benzene rings is 2. The summed E-state index contributed by atoms with van der Waals surface area (Å²) in [4.78, 5) is 53.7. The summed E-state index contributed by atoms with van der Waals surface area (Å²) in [6, 6.07) is 12.0. The van der Waals surface area contributed by atoms with Crippen molar-refractivity contribution in [2.75, 3.05) is 33.9 Å². The van der Waals surface area contributed by atoms with Crippen molar-refractivity contribution in [3.63, 3.8) is 0 Å². The van der Waals surface area contributed by atoms with E-state index in [0.717, 1.165) is 12.0 Å². The Labute approximate surface area is 284 Å². The molecule has 264 valence electrons. The average Bonchev–Trinajstić information content (AvgIpc) is 3.06. The Morgan fingerprint density at radius 3 is 2.35 bits per heavy atom. The van der Waals surface area contributed by atoms with Gasteiger partial charge >= 0.3 is 12.1 Å². The van der Waals surface area contributed by atoms with Gasteiger partial charge in [0.15, 0.2) is 11.5 Å². The molecule has 2 atom stereocenters. The van der Waals surface area contributed by atoms with Gasteiger partial charge in [-0.2, -0.15) is 0 Å². The fourth-order valence-corrected chi connectivity index (χ4v) is 5.29. The van der Waals surface area contributed by atoms with E-state index in [4.69, 9.17) is 23.7 Å². The SMILES string of the molecule is CCC(C)(C)C(=O)C(=O)N1CCCC[C@H]1C(=O)O[C@H](CCc1ccc(OC)c(OC)c1)c1cccc(OCCNC(=O)OC(C)(C)C)c1. The van der Waals surface area contributed by atoms with Crippen LogP contribution < -0.4 is 19.5 Å². The standard InChI is InChI=1S/C37H52N2O9/c1-9-37(5,6)32(40)33(41)39-21-11-10-15-28(39)34(42)47-29(18-16-25-17-19-30(44-7)31(23-25)45-8)26-13-12-14-27(24-26)46-22-20-38-35(43)48-36(2,3)4/h12-14,17,19,23-24,28-29H,9-11,15-16,18,20-22H2,1-8H3,(H,38,43)/t28-,29+/m0/s1. The first-order chi connectivity index (χ1) is 22.7. The van der Waals surface area contributed by atoms with Crippen molar-refractivity contribution in [2.45, 2.75) is 97.8 Å². The molecule has 0 unspecified atom stereocenters. The number of hydrogen-bond acceptors (Lipinski definition) is 9. The van der Waals surface area contributed by atoms with Crippen molar-refractivity contribution in [2.24, 2.45) is 5.41 Å². The molecule has 1 aliphatic rings. The van der Waals surface area contributed by atoms with Crippen LogP contribution in [0.4, 0.5) is 4.79 Å². The number of alkyl carbamates (subject to hydrolysis) is 1.